The lowest BCUT2D eigenvalue weighted by atomic mass is 9.89. The molecule has 30 heavy (non-hydrogen) atoms. The molecule has 1 aliphatic carbocycles. The maximum atomic E-state index is 13.2. The number of aliphatic hydroxyl groups is 1. The highest BCUT2D eigenvalue weighted by Gasteiger charge is 2.30. The Kier molecular flexibility index (Phi) is 7.69. The highest BCUT2D eigenvalue weighted by atomic mass is 16.3. The molecular weight excluding hydrogens is 382 g/mol. The van der Waals surface area contributed by atoms with Crippen molar-refractivity contribution in [3.05, 3.63) is 33.7 Å². The minimum absolute atomic E-state index is 0.00274. The van der Waals surface area contributed by atoms with Gasteiger partial charge < -0.3 is 19.9 Å². The van der Waals surface area contributed by atoms with Gasteiger partial charge in [0, 0.05) is 31.5 Å². The maximum absolute atomic E-state index is 13.2. The van der Waals surface area contributed by atoms with Crippen LogP contribution in [0.25, 0.3) is 0 Å². The van der Waals surface area contributed by atoms with Gasteiger partial charge in [-0.2, -0.15) is 0 Å². The first kappa shape index (κ1) is 22.5. The van der Waals surface area contributed by atoms with Crippen LogP contribution >= 0.6 is 0 Å². The molecule has 1 unspecified atom stereocenters. The van der Waals surface area contributed by atoms with Crippen LogP contribution in [0, 0.1) is 5.92 Å². The van der Waals surface area contributed by atoms with E-state index in [-0.39, 0.29) is 29.8 Å². The van der Waals surface area contributed by atoms with Crippen molar-refractivity contribution in [3.63, 3.8) is 0 Å². The molecule has 1 aromatic heterocycles. The van der Waals surface area contributed by atoms with Crippen molar-refractivity contribution < 1.29 is 14.7 Å². The molecule has 3 rings (SSSR count). The van der Waals surface area contributed by atoms with Crippen molar-refractivity contribution in [2.45, 2.75) is 77.3 Å². The Hall–Kier alpha value is -2.15. The minimum Gasteiger partial charge on any atom is -0.394 e. The highest BCUT2D eigenvalue weighted by molar-refractivity contribution is 5.99. The van der Waals surface area contributed by atoms with E-state index in [1.165, 1.54) is 19.3 Å². The van der Waals surface area contributed by atoms with Gasteiger partial charge in [-0.3, -0.25) is 14.4 Å². The first-order valence-electron chi connectivity index (χ1n) is 11.4. The number of aromatic nitrogens is 1. The molecule has 2 fully saturated rings. The average molecular weight is 418 g/mol. The smallest absolute Gasteiger partial charge is 0.259 e. The molecule has 1 aliphatic heterocycles. The summed E-state index contributed by atoms with van der Waals surface area (Å²) in [4.78, 5) is 40.8. The van der Waals surface area contributed by atoms with Gasteiger partial charge in [-0.05, 0) is 51.9 Å². The highest BCUT2D eigenvalue weighted by Crippen LogP contribution is 2.23. The van der Waals surface area contributed by atoms with Crippen LogP contribution in [0.15, 0.2) is 17.2 Å². The summed E-state index contributed by atoms with van der Waals surface area (Å²) in [5.74, 6) is -0.347. The number of pyridine rings is 1. The molecule has 1 aromatic rings. The number of carbonyl (C=O) groups excluding carboxylic acids is 2. The summed E-state index contributed by atoms with van der Waals surface area (Å²) in [5.41, 5.74) is -0.502. The summed E-state index contributed by atoms with van der Waals surface area (Å²) in [6.45, 7) is 4.85. The van der Waals surface area contributed by atoms with Crippen LogP contribution in [0.2, 0.25) is 0 Å². The average Bonchev–Trinajstić information content (AvgIpc) is 2.77. The molecule has 0 radical (unpaired) electrons. The molecule has 2 aliphatic rings. The van der Waals surface area contributed by atoms with Crippen LogP contribution in [0.1, 0.15) is 92.0 Å². The van der Waals surface area contributed by atoms with Crippen molar-refractivity contribution in [2.24, 2.45) is 5.92 Å². The molecule has 0 bridgehead atoms. The lowest BCUT2D eigenvalue weighted by molar-refractivity contribution is 0.0500. The third-order valence-corrected chi connectivity index (χ3v) is 6.49. The Bertz CT molecular complexity index is 811. The molecule has 7 nitrogen and oxygen atoms in total. The quantitative estimate of drug-likeness (QED) is 0.744. The Labute approximate surface area is 178 Å². The number of piperidine rings is 1. The lowest BCUT2D eigenvalue weighted by Gasteiger charge is -2.34. The Balaban J connectivity index is 1.86. The second-order valence-corrected chi connectivity index (χ2v) is 9.00. The molecule has 2 heterocycles. The second kappa shape index (κ2) is 10.2. The molecule has 1 saturated heterocycles. The van der Waals surface area contributed by atoms with Crippen LogP contribution < -0.4 is 10.7 Å². The molecular formula is C23H35N3O4. The number of amides is 2. The van der Waals surface area contributed by atoms with Gasteiger partial charge in [0.15, 0.2) is 0 Å². The van der Waals surface area contributed by atoms with Crippen LogP contribution in [-0.4, -0.2) is 52.1 Å². The molecule has 2 N–H and O–H groups in total. The zero-order valence-corrected chi connectivity index (χ0v) is 18.2. The molecule has 7 heteroatoms. The van der Waals surface area contributed by atoms with Gasteiger partial charge >= 0.3 is 0 Å². The van der Waals surface area contributed by atoms with E-state index in [2.05, 4.69) is 5.32 Å². The molecule has 1 atom stereocenters. The first-order chi connectivity index (χ1) is 14.4. The van der Waals surface area contributed by atoms with Gasteiger partial charge in [-0.25, -0.2) is 0 Å². The zero-order valence-electron chi connectivity index (χ0n) is 18.2. The van der Waals surface area contributed by atoms with E-state index in [9.17, 15) is 19.5 Å². The first-order valence-corrected chi connectivity index (χ1v) is 11.4. The summed E-state index contributed by atoms with van der Waals surface area (Å²) in [5, 5.41) is 12.6. The SMILES string of the molecule is CC(C)n1cc(C(=O)NCC2CCCCC2)c(=O)c(C(=O)N2CCCCC2CO)c1. The number of nitrogens with zero attached hydrogens (tertiary/aromatic N) is 2. The summed E-state index contributed by atoms with van der Waals surface area (Å²) >= 11 is 0. The van der Waals surface area contributed by atoms with E-state index >= 15 is 0 Å². The minimum atomic E-state index is -0.527. The fourth-order valence-electron chi connectivity index (χ4n) is 4.55. The predicted octanol–water partition coefficient (Wildman–Crippen LogP) is 2.73. The summed E-state index contributed by atoms with van der Waals surface area (Å²) in [6, 6.07) is -0.279. The number of hydrogen-bond acceptors (Lipinski definition) is 4. The van der Waals surface area contributed by atoms with E-state index in [4.69, 9.17) is 0 Å². The fourth-order valence-corrected chi connectivity index (χ4v) is 4.55. The van der Waals surface area contributed by atoms with Gasteiger partial charge in [0.1, 0.15) is 11.1 Å². The van der Waals surface area contributed by atoms with E-state index in [1.54, 1.807) is 21.9 Å². The van der Waals surface area contributed by atoms with E-state index in [0.29, 0.717) is 19.0 Å². The normalized spacial score (nSPS) is 20.4. The molecule has 0 aromatic carbocycles. The number of hydrogen-bond donors (Lipinski definition) is 2. The van der Waals surface area contributed by atoms with Crippen molar-refractivity contribution >= 4 is 11.8 Å². The van der Waals surface area contributed by atoms with Crippen molar-refractivity contribution in [1.82, 2.24) is 14.8 Å². The number of likely N-dealkylation sites (tertiary alicyclic amines) is 1. The Morgan fingerprint density at radius 2 is 1.73 bits per heavy atom. The number of carbonyl (C=O) groups is 2. The van der Waals surface area contributed by atoms with Crippen LogP contribution in [-0.2, 0) is 0 Å². The summed E-state index contributed by atoms with van der Waals surface area (Å²) < 4.78 is 1.75. The number of nitrogens with one attached hydrogen (secondary N) is 1. The van der Waals surface area contributed by atoms with Crippen molar-refractivity contribution in [2.75, 3.05) is 19.7 Å². The Morgan fingerprint density at radius 1 is 1.07 bits per heavy atom. The van der Waals surface area contributed by atoms with E-state index in [1.807, 2.05) is 13.8 Å². The number of aliphatic hydroxyl groups excluding tert-OH is 1. The van der Waals surface area contributed by atoms with Crippen LogP contribution in [0.3, 0.4) is 0 Å². The third-order valence-electron chi connectivity index (χ3n) is 6.49. The zero-order chi connectivity index (χ0) is 21.7. The van der Waals surface area contributed by atoms with Crippen molar-refractivity contribution in [1.29, 1.82) is 0 Å². The fraction of sp³-hybridized carbons (Fsp3) is 0.696. The predicted molar refractivity (Wildman–Crippen MR) is 116 cm³/mol. The van der Waals surface area contributed by atoms with Gasteiger partial charge in [0.2, 0.25) is 5.43 Å². The van der Waals surface area contributed by atoms with Gasteiger partial charge in [0.05, 0.1) is 12.6 Å². The number of rotatable bonds is 6. The monoisotopic (exact) mass is 417 g/mol. The molecule has 166 valence electrons. The van der Waals surface area contributed by atoms with Gasteiger partial charge in [-0.1, -0.05) is 19.3 Å². The van der Waals surface area contributed by atoms with E-state index in [0.717, 1.165) is 32.1 Å². The van der Waals surface area contributed by atoms with Crippen LogP contribution in [0.5, 0.6) is 0 Å². The Morgan fingerprint density at radius 3 is 2.40 bits per heavy atom. The molecule has 0 spiro atoms. The third kappa shape index (κ3) is 5.12. The van der Waals surface area contributed by atoms with E-state index < -0.39 is 17.2 Å². The molecule has 1 saturated carbocycles. The van der Waals surface area contributed by atoms with Crippen LogP contribution in [0.4, 0.5) is 0 Å². The maximum Gasteiger partial charge on any atom is 0.259 e. The lowest BCUT2D eigenvalue weighted by Crippen LogP contribution is -2.47. The van der Waals surface area contributed by atoms with Crippen molar-refractivity contribution in [3.8, 4) is 0 Å². The summed E-state index contributed by atoms with van der Waals surface area (Å²) in [7, 11) is 0. The standard InChI is InChI=1S/C23H35N3O4/c1-16(2)25-13-19(22(29)24-12-17-8-4-3-5-9-17)21(28)20(14-25)23(30)26-11-7-6-10-18(26)15-27/h13-14,16-18,27H,3-12,15H2,1-2H3,(H,24,29). The second-order valence-electron chi connectivity index (χ2n) is 9.00. The molecule has 2 amide bonds. The van der Waals surface area contributed by atoms with Gasteiger partial charge in [0.25, 0.3) is 11.8 Å². The topological polar surface area (TPSA) is 91.6 Å². The van der Waals surface area contributed by atoms with Gasteiger partial charge in [-0.15, -0.1) is 0 Å². The summed E-state index contributed by atoms with van der Waals surface area (Å²) in [6.07, 6.45) is 11.5. The largest absolute Gasteiger partial charge is 0.394 e.